The molecular formula is C14H20BrNO2. The van der Waals surface area contributed by atoms with Gasteiger partial charge in [0.1, 0.15) is 0 Å². The van der Waals surface area contributed by atoms with Crippen LogP contribution in [0.25, 0.3) is 0 Å². The van der Waals surface area contributed by atoms with E-state index in [1.165, 1.54) is 0 Å². The van der Waals surface area contributed by atoms with Gasteiger partial charge in [0.2, 0.25) is 0 Å². The Balaban J connectivity index is 2.11. The van der Waals surface area contributed by atoms with Crippen molar-refractivity contribution in [2.24, 2.45) is 5.92 Å². The Hall–Kier alpha value is -0.580. The standard InChI is InChI=1S/C14H20BrNO2/c1-9(17)13-7-11(15)3-4-14(13)16(2)8-10-5-12(18)6-10/h3-4,7,9-10,12,17-18H,5-6,8H2,1-2H3. The highest BCUT2D eigenvalue weighted by Gasteiger charge is 2.28. The molecule has 3 nitrogen and oxygen atoms in total. The second-order valence-corrected chi connectivity index (χ2v) is 6.17. The average molecular weight is 314 g/mol. The molecule has 1 aliphatic rings. The summed E-state index contributed by atoms with van der Waals surface area (Å²) in [6.07, 6.45) is 1.20. The van der Waals surface area contributed by atoms with E-state index in [1.54, 1.807) is 6.92 Å². The number of halogens is 1. The molecule has 18 heavy (non-hydrogen) atoms. The normalized spacial score (nSPS) is 24.5. The van der Waals surface area contributed by atoms with Crippen LogP contribution in [0.15, 0.2) is 22.7 Å². The Morgan fingerprint density at radius 2 is 2.11 bits per heavy atom. The van der Waals surface area contributed by atoms with Gasteiger partial charge in [0.05, 0.1) is 12.2 Å². The van der Waals surface area contributed by atoms with Gasteiger partial charge in [0, 0.05) is 29.3 Å². The highest BCUT2D eigenvalue weighted by molar-refractivity contribution is 9.10. The van der Waals surface area contributed by atoms with Crippen LogP contribution in [-0.4, -0.2) is 29.9 Å². The highest BCUT2D eigenvalue weighted by atomic mass is 79.9. The summed E-state index contributed by atoms with van der Waals surface area (Å²) < 4.78 is 0.981. The lowest BCUT2D eigenvalue weighted by Crippen LogP contribution is -2.37. The molecule has 1 fully saturated rings. The molecule has 0 spiro atoms. The van der Waals surface area contributed by atoms with Gasteiger partial charge < -0.3 is 15.1 Å². The van der Waals surface area contributed by atoms with E-state index < -0.39 is 6.10 Å². The minimum absolute atomic E-state index is 0.107. The molecule has 0 bridgehead atoms. The third-order valence-corrected chi connectivity index (χ3v) is 4.09. The van der Waals surface area contributed by atoms with Gasteiger partial charge in [-0.1, -0.05) is 15.9 Å². The Kier molecular flexibility index (Phi) is 4.30. The first-order valence-corrected chi connectivity index (χ1v) is 7.13. The lowest BCUT2D eigenvalue weighted by Gasteiger charge is -2.36. The van der Waals surface area contributed by atoms with Crippen LogP contribution in [-0.2, 0) is 0 Å². The third-order valence-electron chi connectivity index (χ3n) is 3.59. The topological polar surface area (TPSA) is 43.7 Å². The Bertz CT molecular complexity index is 416. The second-order valence-electron chi connectivity index (χ2n) is 5.25. The van der Waals surface area contributed by atoms with Gasteiger partial charge in [-0.3, -0.25) is 0 Å². The zero-order chi connectivity index (χ0) is 13.3. The first kappa shape index (κ1) is 13.8. The van der Waals surface area contributed by atoms with E-state index in [-0.39, 0.29) is 6.10 Å². The molecule has 4 heteroatoms. The van der Waals surface area contributed by atoms with Gasteiger partial charge in [-0.05, 0) is 43.9 Å². The van der Waals surface area contributed by atoms with Crippen LogP contribution in [0.2, 0.25) is 0 Å². The summed E-state index contributed by atoms with van der Waals surface area (Å²) in [6, 6.07) is 5.99. The number of aliphatic hydroxyl groups is 2. The maximum Gasteiger partial charge on any atom is 0.0782 e. The molecule has 1 atom stereocenters. The van der Waals surface area contributed by atoms with E-state index in [0.29, 0.717) is 5.92 Å². The third kappa shape index (κ3) is 3.05. The van der Waals surface area contributed by atoms with Crippen LogP contribution in [0.5, 0.6) is 0 Å². The lowest BCUT2D eigenvalue weighted by atomic mass is 9.82. The molecule has 0 aromatic heterocycles. The van der Waals surface area contributed by atoms with Crippen molar-refractivity contribution in [2.45, 2.75) is 32.0 Å². The summed E-state index contributed by atoms with van der Waals surface area (Å²) in [4.78, 5) is 2.17. The Morgan fingerprint density at radius 1 is 1.44 bits per heavy atom. The van der Waals surface area contributed by atoms with Crippen molar-refractivity contribution in [3.05, 3.63) is 28.2 Å². The van der Waals surface area contributed by atoms with Crippen LogP contribution in [0, 0.1) is 5.92 Å². The summed E-state index contributed by atoms with van der Waals surface area (Å²) in [5.74, 6) is 0.565. The minimum Gasteiger partial charge on any atom is -0.393 e. The lowest BCUT2D eigenvalue weighted by molar-refractivity contribution is 0.0464. The quantitative estimate of drug-likeness (QED) is 0.898. The van der Waals surface area contributed by atoms with Crippen molar-refractivity contribution < 1.29 is 10.2 Å². The summed E-state index contributed by atoms with van der Waals surface area (Å²) in [5.41, 5.74) is 2.00. The molecule has 1 aliphatic carbocycles. The van der Waals surface area contributed by atoms with Crippen LogP contribution in [0.4, 0.5) is 5.69 Å². The number of hydrogen-bond donors (Lipinski definition) is 2. The minimum atomic E-state index is -0.480. The SMILES string of the molecule is CC(O)c1cc(Br)ccc1N(C)CC1CC(O)C1. The Labute approximate surface area is 117 Å². The van der Waals surface area contributed by atoms with Crippen molar-refractivity contribution in [1.29, 1.82) is 0 Å². The maximum atomic E-state index is 9.84. The molecule has 1 unspecified atom stereocenters. The molecule has 1 aromatic carbocycles. The predicted octanol–water partition coefficient (Wildman–Crippen LogP) is 2.71. The van der Waals surface area contributed by atoms with Gasteiger partial charge in [0.25, 0.3) is 0 Å². The molecule has 0 heterocycles. The number of rotatable bonds is 4. The fraction of sp³-hybridized carbons (Fsp3) is 0.571. The molecule has 1 saturated carbocycles. The zero-order valence-electron chi connectivity index (χ0n) is 10.8. The van der Waals surface area contributed by atoms with E-state index in [4.69, 9.17) is 0 Å². The molecule has 0 aliphatic heterocycles. The fourth-order valence-electron chi connectivity index (χ4n) is 2.54. The van der Waals surface area contributed by atoms with Crippen molar-refractivity contribution in [1.82, 2.24) is 0 Å². The van der Waals surface area contributed by atoms with Gasteiger partial charge in [-0.25, -0.2) is 0 Å². The van der Waals surface area contributed by atoms with E-state index in [2.05, 4.69) is 20.8 Å². The van der Waals surface area contributed by atoms with E-state index >= 15 is 0 Å². The average Bonchev–Trinajstić information content (AvgIpc) is 2.26. The summed E-state index contributed by atoms with van der Waals surface area (Å²) in [7, 11) is 2.04. The van der Waals surface area contributed by atoms with Gasteiger partial charge in [0.15, 0.2) is 0 Å². The summed E-state index contributed by atoms with van der Waals surface area (Å²) >= 11 is 3.43. The maximum absolute atomic E-state index is 9.84. The summed E-state index contributed by atoms with van der Waals surface area (Å²) in [5, 5.41) is 19.2. The molecule has 0 saturated heterocycles. The molecule has 1 aromatic rings. The second kappa shape index (κ2) is 5.59. The first-order chi connectivity index (χ1) is 8.47. The summed E-state index contributed by atoms with van der Waals surface area (Å²) in [6.45, 7) is 2.71. The smallest absolute Gasteiger partial charge is 0.0782 e. The zero-order valence-corrected chi connectivity index (χ0v) is 12.4. The molecule has 0 radical (unpaired) electrons. The fourth-order valence-corrected chi connectivity index (χ4v) is 2.92. The Morgan fingerprint density at radius 3 is 2.67 bits per heavy atom. The predicted molar refractivity (Wildman–Crippen MR) is 76.8 cm³/mol. The van der Waals surface area contributed by atoms with Crippen molar-refractivity contribution in [3.8, 4) is 0 Å². The molecule has 2 N–H and O–H groups in total. The van der Waals surface area contributed by atoms with Gasteiger partial charge >= 0.3 is 0 Å². The van der Waals surface area contributed by atoms with Gasteiger partial charge in [-0.15, -0.1) is 0 Å². The highest BCUT2D eigenvalue weighted by Crippen LogP contribution is 2.32. The van der Waals surface area contributed by atoms with Crippen molar-refractivity contribution >= 4 is 21.6 Å². The van der Waals surface area contributed by atoms with E-state index in [0.717, 1.165) is 35.1 Å². The number of anilines is 1. The number of hydrogen-bond acceptors (Lipinski definition) is 3. The monoisotopic (exact) mass is 313 g/mol. The number of aliphatic hydroxyl groups excluding tert-OH is 2. The first-order valence-electron chi connectivity index (χ1n) is 6.34. The molecule has 2 rings (SSSR count). The van der Waals surface area contributed by atoms with Crippen molar-refractivity contribution in [3.63, 3.8) is 0 Å². The van der Waals surface area contributed by atoms with Crippen molar-refractivity contribution in [2.75, 3.05) is 18.5 Å². The van der Waals surface area contributed by atoms with E-state index in [1.807, 2.05) is 25.2 Å². The largest absolute Gasteiger partial charge is 0.393 e. The van der Waals surface area contributed by atoms with Gasteiger partial charge in [-0.2, -0.15) is 0 Å². The van der Waals surface area contributed by atoms with Crippen LogP contribution < -0.4 is 4.90 Å². The van der Waals surface area contributed by atoms with Crippen LogP contribution in [0.3, 0.4) is 0 Å². The number of nitrogens with zero attached hydrogens (tertiary/aromatic N) is 1. The molecule has 0 amide bonds. The molecule has 100 valence electrons. The molecular weight excluding hydrogens is 294 g/mol. The number of benzene rings is 1. The van der Waals surface area contributed by atoms with Crippen LogP contribution >= 0.6 is 15.9 Å². The van der Waals surface area contributed by atoms with E-state index in [9.17, 15) is 10.2 Å². The van der Waals surface area contributed by atoms with Crippen LogP contribution in [0.1, 0.15) is 31.4 Å².